The highest BCUT2D eigenvalue weighted by Crippen LogP contribution is 2.19. The van der Waals surface area contributed by atoms with Crippen LogP contribution in [0.25, 0.3) is 0 Å². The molecular formula is C11H19NO4. The SMILES string of the molecule is COCC(C)CC(=O)N1CCC[C@H]1C(=O)O. The minimum Gasteiger partial charge on any atom is -0.480 e. The first-order valence-electron chi connectivity index (χ1n) is 5.57. The van der Waals surface area contributed by atoms with Crippen molar-refractivity contribution < 1.29 is 19.4 Å². The second-order valence-corrected chi connectivity index (χ2v) is 4.35. The van der Waals surface area contributed by atoms with Crippen molar-refractivity contribution in [3.05, 3.63) is 0 Å². The summed E-state index contributed by atoms with van der Waals surface area (Å²) >= 11 is 0. The Morgan fingerprint density at radius 1 is 1.56 bits per heavy atom. The largest absolute Gasteiger partial charge is 0.480 e. The highest BCUT2D eigenvalue weighted by atomic mass is 16.5. The zero-order chi connectivity index (χ0) is 12.1. The van der Waals surface area contributed by atoms with Crippen molar-refractivity contribution in [2.24, 2.45) is 5.92 Å². The maximum atomic E-state index is 11.9. The second-order valence-electron chi connectivity index (χ2n) is 4.35. The lowest BCUT2D eigenvalue weighted by atomic mass is 10.1. The van der Waals surface area contributed by atoms with Gasteiger partial charge < -0.3 is 14.7 Å². The highest BCUT2D eigenvalue weighted by molar-refractivity contribution is 5.84. The summed E-state index contributed by atoms with van der Waals surface area (Å²) in [5.74, 6) is -0.841. The molecule has 0 spiro atoms. The van der Waals surface area contributed by atoms with Gasteiger partial charge in [-0.15, -0.1) is 0 Å². The number of rotatable bonds is 5. The summed E-state index contributed by atoms with van der Waals surface area (Å²) < 4.78 is 4.95. The van der Waals surface area contributed by atoms with E-state index in [1.165, 1.54) is 4.90 Å². The van der Waals surface area contributed by atoms with Crippen molar-refractivity contribution in [3.8, 4) is 0 Å². The Morgan fingerprint density at radius 2 is 2.25 bits per heavy atom. The molecule has 1 fully saturated rings. The topological polar surface area (TPSA) is 66.8 Å². The van der Waals surface area contributed by atoms with Gasteiger partial charge in [0.1, 0.15) is 6.04 Å². The Bertz CT molecular complexity index is 267. The summed E-state index contributed by atoms with van der Waals surface area (Å²) in [6.45, 7) is 3.01. The molecule has 0 bridgehead atoms. The number of ether oxygens (including phenoxy) is 1. The average Bonchev–Trinajstić information content (AvgIpc) is 2.65. The minimum absolute atomic E-state index is 0.0746. The lowest BCUT2D eigenvalue weighted by molar-refractivity contribution is -0.148. The van der Waals surface area contributed by atoms with E-state index in [9.17, 15) is 9.59 Å². The van der Waals surface area contributed by atoms with E-state index >= 15 is 0 Å². The van der Waals surface area contributed by atoms with E-state index in [1.54, 1.807) is 7.11 Å². The summed E-state index contributed by atoms with van der Waals surface area (Å²) in [5.41, 5.74) is 0. The van der Waals surface area contributed by atoms with Gasteiger partial charge in [-0.25, -0.2) is 4.79 Å². The number of carboxylic acid groups (broad SMARTS) is 1. The Kier molecular flexibility index (Phi) is 4.73. The van der Waals surface area contributed by atoms with E-state index in [0.717, 1.165) is 6.42 Å². The summed E-state index contributed by atoms with van der Waals surface area (Å²) in [4.78, 5) is 24.2. The third-order valence-electron chi connectivity index (χ3n) is 2.83. The van der Waals surface area contributed by atoms with Gasteiger partial charge in [0.05, 0.1) is 0 Å². The van der Waals surface area contributed by atoms with Crippen molar-refractivity contribution in [3.63, 3.8) is 0 Å². The zero-order valence-electron chi connectivity index (χ0n) is 9.81. The fraction of sp³-hybridized carbons (Fsp3) is 0.818. The van der Waals surface area contributed by atoms with Gasteiger partial charge in [-0.1, -0.05) is 6.92 Å². The van der Waals surface area contributed by atoms with Crippen molar-refractivity contribution in [2.45, 2.75) is 32.2 Å². The van der Waals surface area contributed by atoms with E-state index in [0.29, 0.717) is 26.0 Å². The van der Waals surface area contributed by atoms with Gasteiger partial charge in [0.25, 0.3) is 0 Å². The maximum absolute atomic E-state index is 11.9. The van der Waals surface area contributed by atoms with Crippen molar-refractivity contribution in [2.75, 3.05) is 20.3 Å². The first kappa shape index (κ1) is 13.0. The molecule has 0 aromatic heterocycles. The first-order valence-corrected chi connectivity index (χ1v) is 5.57. The molecular weight excluding hydrogens is 210 g/mol. The molecule has 16 heavy (non-hydrogen) atoms. The molecule has 0 aromatic carbocycles. The number of carbonyl (C=O) groups excluding carboxylic acids is 1. The molecule has 1 rings (SSSR count). The molecule has 0 aromatic rings. The molecule has 1 aliphatic rings. The van der Waals surface area contributed by atoms with Gasteiger partial charge in [0.15, 0.2) is 0 Å². The number of hydrogen-bond acceptors (Lipinski definition) is 3. The predicted octanol–water partition coefficient (Wildman–Crippen LogP) is 0.735. The van der Waals surface area contributed by atoms with Crippen molar-refractivity contribution in [1.82, 2.24) is 4.90 Å². The molecule has 1 amide bonds. The molecule has 92 valence electrons. The monoisotopic (exact) mass is 229 g/mol. The highest BCUT2D eigenvalue weighted by Gasteiger charge is 2.33. The molecule has 1 aliphatic heterocycles. The molecule has 1 N–H and O–H groups in total. The van der Waals surface area contributed by atoms with Crippen LogP contribution >= 0.6 is 0 Å². The van der Waals surface area contributed by atoms with Crippen molar-refractivity contribution >= 4 is 11.9 Å². The Balaban J connectivity index is 2.49. The zero-order valence-corrected chi connectivity index (χ0v) is 9.81. The molecule has 1 unspecified atom stereocenters. The molecule has 0 radical (unpaired) electrons. The standard InChI is InChI=1S/C11H19NO4/c1-8(7-16-2)6-10(13)12-5-3-4-9(12)11(14)15/h8-9H,3-7H2,1-2H3,(H,14,15)/t8?,9-/m0/s1. The van der Waals surface area contributed by atoms with Crippen LogP contribution in [0.3, 0.4) is 0 Å². The van der Waals surface area contributed by atoms with Gasteiger partial charge in [-0.3, -0.25) is 4.79 Å². The molecule has 5 heteroatoms. The third kappa shape index (κ3) is 3.20. The first-order chi connectivity index (χ1) is 7.56. The molecule has 5 nitrogen and oxygen atoms in total. The van der Waals surface area contributed by atoms with Crippen LogP contribution in [-0.2, 0) is 14.3 Å². The number of amides is 1. The number of aliphatic carboxylic acids is 1. The number of likely N-dealkylation sites (tertiary alicyclic amines) is 1. The number of hydrogen-bond donors (Lipinski definition) is 1. The molecule has 1 saturated heterocycles. The van der Waals surface area contributed by atoms with E-state index in [1.807, 2.05) is 6.92 Å². The number of nitrogens with zero attached hydrogens (tertiary/aromatic N) is 1. The lowest BCUT2D eigenvalue weighted by Crippen LogP contribution is -2.41. The second kappa shape index (κ2) is 5.84. The smallest absolute Gasteiger partial charge is 0.326 e. The van der Waals surface area contributed by atoms with Gasteiger partial charge >= 0.3 is 5.97 Å². The molecule has 0 saturated carbocycles. The van der Waals surface area contributed by atoms with Crippen LogP contribution in [0.15, 0.2) is 0 Å². The van der Waals surface area contributed by atoms with Gasteiger partial charge in [0, 0.05) is 26.7 Å². The van der Waals surface area contributed by atoms with Crippen LogP contribution in [0, 0.1) is 5.92 Å². The van der Waals surface area contributed by atoms with Crippen LogP contribution in [0.1, 0.15) is 26.2 Å². The van der Waals surface area contributed by atoms with Gasteiger partial charge in [0.2, 0.25) is 5.91 Å². The minimum atomic E-state index is -0.898. The predicted molar refractivity (Wildman–Crippen MR) is 58.0 cm³/mol. The van der Waals surface area contributed by atoms with Crippen LogP contribution < -0.4 is 0 Å². The van der Waals surface area contributed by atoms with Crippen LogP contribution in [0.4, 0.5) is 0 Å². The summed E-state index contributed by atoms with van der Waals surface area (Å²) in [5, 5.41) is 8.95. The van der Waals surface area contributed by atoms with E-state index in [2.05, 4.69) is 0 Å². The summed E-state index contributed by atoms with van der Waals surface area (Å²) in [6, 6.07) is -0.623. The molecule has 0 aliphatic carbocycles. The fourth-order valence-corrected chi connectivity index (χ4v) is 2.08. The Labute approximate surface area is 95.4 Å². The van der Waals surface area contributed by atoms with E-state index in [-0.39, 0.29) is 11.8 Å². The van der Waals surface area contributed by atoms with E-state index < -0.39 is 12.0 Å². The van der Waals surface area contributed by atoms with Gasteiger partial charge in [-0.05, 0) is 18.8 Å². The van der Waals surface area contributed by atoms with Crippen LogP contribution in [-0.4, -0.2) is 48.2 Å². The average molecular weight is 229 g/mol. The van der Waals surface area contributed by atoms with Gasteiger partial charge in [-0.2, -0.15) is 0 Å². The normalized spacial score (nSPS) is 22.1. The lowest BCUT2D eigenvalue weighted by Gasteiger charge is -2.22. The molecule has 2 atom stereocenters. The van der Waals surface area contributed by atoms with E-state index in [4.69, 9.17) is 9.84 Å². The Morgan fingerprint density at radius 3 is 2.81 bits per heavy atom. The fourth-order valence-electron chi connectivity index (χ4n) is 2.08. The summed E-state index contributed by atoms with van der Waals surface area (Å²) in [7, 11) is 1.59. The number of carbonyl (C=O) groups is 2. The van der Waals surface area contributed by atoms with Crippen molar-refractivity contribution in [1.29, 1.82) is 0 Å². The Hall–Kier alpha value is -1.10. The maximum Gasteiger partial charge on any atom is 0.326 e. The number of methoxy groups -OCH3 is 1. The van der Waals surface area contributed by atoms with Crippen LogP contribution in [0.5, 0.6) is 0 Å². The van der Waals surface area contributed by atoms with Crippen LogP contribution in [0.2, 0.25) is 0 Å². The summed E-state index contributed by atoms with van der Waals surface area (Å²) in [6.07, 6.45) is 1.71. The third-order valence-corrected chi connectivity index (χ3v) is 2.83. The number of carboxylic acids is 1. The molecule has 1 heterocycles. The quantitative estimate of drug-likeness (QED) is 0.755.